The van der Waals surface area contributed by atoms with Gasteiger partial charge in [-0.05, 0) is 58.0 Å². The van der Waals surface area contributed by atoms with Crippen molar-refractivity contribution in [2.75, 3.05) is 6.54 Å². The molecule has 2 aromatic rings. The summed E-state index contributed by atoms with van der Waals surface area (Å²) in [5.41, 5.74) is 3.26. The van der Waals surface area contributed by atoms with Crippen LogP contribution < -0.4 is 0 Å². The van der Waals surface area contributed by atoms with Crippen molar-refractivity contribution in [2.45, 2.75) is 33.7 Å². The maximum absolute atomic E-state index is 12.5. The molecule has 0 radical (unpaired) electrons. The van der Waals surface area contributed by atoms with E-state index in [1.807, 2.05) is 32.0 Å². The van der Waals surface area contributed by atoms with E-state index >= 15 is 0 Å². The fourth-order valence-corrected chi connectivity index (χ4v) is 2.44. The Balaban J connectivity index is 2.26. The van der Waals surface area contributed by atoms with E-state index < -0.39 is 5.97 Å². The molecule has 1 heterocycles. The largest absolute Gasteiger partial charge is 0.480 e. The lowest BCUT2D eigenvalue weighted by Gasteiger charge is -2.25. The van der Waals surface area contributed by atoms with Gasteiger partial charge in [0.25, 0.3) is 5.91 Å². The first-order valence-electron chi connectivity index (χ1n) is 7.46. The van der Waals surface area contributed by atoms with Crippen molar-refractivity contribution in [1.82, 2.24) is 14.7 Å². The first kappa shape index (κ1) is 16.7. The second-order valence-corrected chi connectivity index (χ2v) is 5.81. The molecule has 2 rings (SSSR count). The lowest BCUT2D eigenvalue weighted by atomic mass is 10.1. The van der Waals surface area contributed by atoms with Crippen molar-refractivity contribution in [3.05, 3.63) is 47.3 Å². The second-order valence-electron chi connectivity index (χ2n) is 5.81. The minimum Gasteiger partial charge on any atom is -0.480 e. The van der Waals surface area contributed by atoms with Crippen LogP contribution in [-0.2, 0) is 4.79 Å². The van der Waals surface area contributed by atoms with Crippen LogP contribution in [0.3, 0.4) is 0 Å². The summed E-state index contributed by atoms with van der Waals surface area (Å²) >= 11 is 0. The van der Waals surface area contributed by atoms with Crippen LogP contribution in [0, 0.1) is 13.8 Å². The fourth-order valence-electron chi connectivity index (χ4n) is 2.44. The summed E-state index contributed by atoms with van der Waals surface area (Å²) in [7, 11) is 0. The average Bonchev–Trinajstić information content (AvgIpc) is 2.82. The number of hydrogen-bond donors (Lipinski definition) is 1. The molecule has 1 aromatic carbocycles. The first-order valence-corrected chi connectivity index (χ1v) is 7.46. The van der Waals surface area contributed by atoms with Crippen LogP contribution in [0.2, 0.25) is 0 Å². The van der Waals surface area contributed by atoms with E-state index in [9.17, 15) is 9.59 Å². The summed E-state index contributed by atoms with van der Waals surface area (Å²) in [6.45, 7) is 7.17. The van der Waals surface area contributed by atoms with Gasteiger partial charge in [0.1, 0.15) is 6.54 Å². The van der Waals surface area contributed by atoms with Gasteiger partial charge in [-0.3, -0.25) is 9.59 Å². The fraction of sp³-hybridized carbons (Fsp3) is 0.353. The van der Waals surface area contributed by atoms with Gasteiger partial charge in [0.2, 0.25) is 0 Å². The highest BCUT2D eigenvalue weighted by Gasteiger charge is 2.21. The summed E-state index contributed by atoms with van der Waals surface area (Å²) in [6.07, 6.45) is 0. The molecule has 6 heteroatoms. The number of rotatable bonds is 5. The Morgan fingerprint density at radius 3 is 2.26 bits per heavy atom. The summed E-state index contributed by atoms with van der Waals surface area (Å²) in [6, 6.07) is 8.82. The Kier molecular flexibility index (Phi) is 4.83. The highest BCUT2D eigenvalue weighted by Crippen LogP contribution is 2.15. The highest BCUT2D eigenvalue weighted by molar-refractivity contribution is 5.96. The van der Waals surface area contributed by atoms with Crippen molar-refractivity contribution in [1.29, 1.82) is 0 Å². The molecule has 0 aliphatic carbocycles. The van der Waals surface area contributed by atoms with Gasteiger partial charge < -0.3 is 10.0 Å². The molecular weight excluding hydrogens is 294 g/mol. The second kappa shape index (κ2) is 6.64. The Morgan fingerprint density at radius 1 is 1.22 bits per heavy atom. The van der Waals surface area contributed by atoms with Gasteiger partial charge in [0.05, 0.1) is 11.4 Å². The Bertz CT molecular complexity index is 717. The molecule has 6 nitrogen and oxygen atoms in total. The number of aliphatic carboxylic acids is 1. The third-order valence-electron chi connectivity index (χ3n) is 3.56. The van der Waals surface area contributed by atoms with Crippen LogP contribution in [0.4, 0.5) is 0 Å². The van der Waals surface area contributed by atoms with E-state index in [4.69, 9.17) is 5.11 Å². The van der Waals surface area contributed by atoms with Gasteiger partial charge in [-0.15, -0.1) is 0 Å². The standard InChI is InChI=1S/C17H21N3O3/c1-11(2)19(10-16(21)22)17(23)14-5-7-15(8-6-14)20-13(4)9-12(3)18-20/h5-9,11H,10H2,1-4H3,(H,21,22). The summed E-state index contributed by atoms with van der Waals surface area (Å²) < 4.78 is 1.81. The van der Waals surface area contributed by atoms with E-state index in [-0.39, 0.29) is 18.5 Å². The highest BCUT2D eigenvalue weighted by atomic mass is 16.4. The molecule has 0 saturated heterocycles. The molecular formula is C17H21N3O3. The van der Waals surface area contributed by atoms with Crippen molar-refractivity contribution in [2.24, 2.45) is 0 Å². The van der Waals surface area contributed by atoms with Crippen LogP contribution >= 0.6 is 0 Å². The smallest absolute Gasteiger partial charge is 0.323 e. The molecule has 0 unspecified atom stereocenters. The van der Waals surface area contributed by atoms with Gasteiger partial charge in [0, 0.05) is 17.3 Å². The number of hydrogen-bond acceptors (Lipinski definition) is 3. The molecule has 0 atom stereocenters. The monoisotopic (exact) mass is 315 g/mol. The Hall–Kier alpha value is -2.63. The number of nitrogens with zero attached hydrogens (tertiary/aromatic N) is 3. The van der Waals surface area contributed by atoms with Crippen LogP contribution in [0.25, 0.3) is 5.69 Å². The summed E-state index contributed by atoms with van der Waals surface area (Å²) in [5, 5.41) is 13.4. The topological polar surface area (TPSA) is 75.4 Å². The zero-order valence-electron chi connectivity index (χ0n) is 13.8. The van der Waals surface area contributed by atoms with Crippen LogP contribution in [0.1, 0.15) is 35.6 Å². The van der Waals surface area contributed by atoms with Crippen molar-refractivity contribution in [3.63, 3.8) is 0 Å². The van der Waals surface area contributed by atoms with Crippen LogP contribution in [-0.4, -0.2) is 44.3 Å². The predicted molar refractivity (Wildman–Crippen MR) is 86.8 cm³/mol. The lowest BCUT2D eigenvalue weighted by molar-refractivity contribution is -0.138. The van der Waals surface area contributed by atoms with Gasteiger partial charge in [0.15, 0.2) is 0 Å². The Morgan fingerprint density at radius 2 is 1.83 bits per heavy atom. The van der Waals surface area contributed by atoms with Gasteiger partial charge in [-0.25, -0.2) is 4.68 Å². The predicted octanol–water partition coefficient (Wildman–Crippen LogP) is 2.42. The quantitative estimate of drug-likeness (QED) is 0.919. The molecule has 0 spiro atoms. The number of carboxylic acids is 1. The summed E-state index contributed by atoms with van der Waals surface area (Å²) in [4.78, 5) is 24.7. The maximum Gasteiger partial charge on any atom is 0.323 e. The zero-order chi connectivity index (χ0) is 17.1. The molecule has 1 aromatic heterocycles. The molecule has 1 amide bonds. The molecule has 0 aliphatic rings. The zero-order valence-corrected chi connectivity index (χ0v) is 13.8. The third kappa shape index (κ3) is 3.77. The maximum atomic E-state index is 12.5. The third-order valence-corrected chi connectivity index (χ3v) is 3.56. The number of carboxylic acid groups (broad SMARTS) is 1. The minimum absolute atomic E-state index is 0.186. The molecule has 122 valence electrons. The SMILES string of the molecule is Cc1cc(C)n(-c2ccc(C(=O)N(CC(=O)O)C(C)C)cc2)n1. The average molecular weight is 315 g/mol. The van der Waals surface area contributed by atoms with E-state index in [2.05, 4.69) is 5.10 Å². The van der Waals surface area contributed by atoms with Crippen molar-refractivity contribution < 1.29 is 14.7 Å². The number of aryl methyl sites for hydroxylation is 2. The number of carbonyl (C=O) groups excluding carboxylic acids is 1. The molecule has 0 aliphatic heterocycles. The first-order chi connectivity index (χ1) is 10.8. The van der Waals surface area contributed by atoms with Gasteiger partial charge >= 0.3 is 5.97 Å². The number of amides is 1. The minimum atomic E-state index is -1.02. The molecule has 23 heavy (non-hydrogen) atoms. The number of benzene rings is 1. The molecule has 0 bridgehead atoms. The van der Waals surface area contributed by atoms with Gasteiger partial charge in [-0.2, -0.15) is 5.10 Å². The Labute approximate surface area is 135 Å². The number of aromatic nitrogens is 2. The van der Waals surface area contributed by atoms with E-state index in [0.717, 1.165) is 17.1 Å². The van der Waals surface area contributed by atoms with Crippen molar-refractivity contribution in [3.8, 4) is 5.69 Å². The van der Waals surface area contributed by atoms with E-state index in [1.165, 1.54) is 4.90 Å². The van der Waals surface area contributed by atoms with E-state index in [0.29, 0.717) is 5.56 Å². The summed E-state index contributed by atoms with van der Waals surface area (Å²) in [5.74, 6) is -1.31. The molecule has 0 fully saturated rings. The van der Waals surface area contributed by atoms with Gasteiger partial charge in [-0.1, -0.05) is 0 Å². The van der Waals surface area contributed by atoms with E-state index in [1.54, 1.807) is 30.7 Å². The van der Waals surface area contributed by atoms with Crippen molar-refractivity contribution >= 4 is 11.9 Å². The lowest BCUT2D eigenvalue weighted by Crippen LogP contribution is -2.40. The normalized spacial score (nSPS) is 10.8. The molecule has 1 N–H and O–H groups in total. The number of carbonyl (C=O) groups is 2. The van der Waals surface area contributed by atoms with Crippen LogP contribution in [0.15, 0.2) is 30.3 Å². The molecule has 0 saturated carbocycles. The van der Waals surface area contributed by atoms with Crippen LogP contribution in [0.5, 0.6) is 0 Å².